The number of para-hydroxylation sites is 1. The van der Waals surface area contributed by atoms with E-state index in [0.29, 0.717) is 36.0 Å². The number of aryl methyl sites for hydroxylation is 2. The number of anilines is 2. The van der Waals surface area contributed by atoms with Gasteiger partial charge in [-0.25, -0.2) is 18.2 Å². The number of aromatic nitrogens is 1. The molecule has 1 amide bonds. The lowest BCUT2D eigenvalue weighted by molar-refractivity contribution is -0.139. The van der Waals surface area contributed by atoms with E-state index in [4.69, 9.17) is 15.9 Å². The van der Waals surface area contributed by atoms with Gasteiger partial charge in [0, 0.05) is 6.92 Å². The Hall–Kier alpha value is -3.50. The molecule has 1 atom stereocenters. The molecular formula is C23H31N7O6S2. The Kier molecular flexibility index (Phi) is 9.82. The molecule has 0 fully saturated rings. The number of aliphatic carboxylic acids is 1. The number of nitrogens with zero attached hydrogens (tertiary/aromatic N) is 1. The minimum atomic E-state index is -4.13. The maximum Gasteiger partial charge on any atom is 0.326 e. The first kappa shape index (κ1) is 29.1. The van der Waals surface area contributed by atoms with Gasteiger partial charge in [-0.1, -0.05) is 12.1 Å². The molecule has 206 valence electrons. The molecule has 9 N–H and O–H groups in total. The van der Waals surface area contributed by atoms with Crippen LogP contribution in [0.2, 0.25) is 0 Å². The van der Waals surface area contributed by atoms with Gasteiger partial charge in [-0.2, -0.15) is 0 Å². The SMILES string of the molecule is Cc1nc(CNc2ccccc2S(=O)(=O)Nc2ccsc2C(=O)N[C@@H](CCCNC(N)N)C(=O)O)c(C)o1. The summed E-state index contributed by atoms with van der Waals surface area (Å²) in [6.07, 6.45) is -0.217. The number of oxazole rings is 1. The molecule has 13 nitrogen and oxygen atoms in total. The van der Waals surface area contributed by atoms with E-state index in [2.05, 4.69) is 25.7 Å². The van der Waals surface area contributed by atoms with E-state index in [1.165, 1.54) is 17.5 Å². The van der Waals surface area contributed by atoms with E-state index in [1.54, 1.807) is 32.0 Å². The molecule has 0 saturated heterocycles. The number of nitrogens with two attached hydrogens (primary N) is 2. The fourth-order valence-corrected chi connectivity index (χ4v) is 5.66. The van der Waals surface area contributed by atoms with Gasteiger partial charge in [-0.3, -0.25) is 14.8 Å². The van der Waals surface area contributed by atoms with Gasteiger partial charge in [0.05, 0.1) is 17.9 Å². The Labute approximate surface area is 224 Å². The smallest absolute Gasteiger partial charge is 0.326 e. The molecular weight excluding hydrogens is 534 g/mol. The number of hydrogen-bond acceptors (Lipinski definition) is 11. The molecule has 38 heavy (non-hydrogen) atoms. The molecule has 3 rings (SSSR count). The third-order valence-corrected chi connectivity index (χ3v) is 7.73. The zero-order chi connectivity index (χ0) is 27.9. The number of amides is 1. The van der Waals surface area contributed by atoms with Crippen LogP contribution in [0.1, 0.15) is 39.9 Å². The first-order valence-electron chi connectivity index (χ1n) is 11.6. The molecule has 0 aliphatic rings. The molecule has 0 radical (unpaired) electrons. The predicted octanol–water partition coefficient (Wildman–Crippen LogP) is 1.52. The molecule has 15 heteroatoms. The van der Waals surface area contributed by atoms with E-state index < -0.39 is 34.2 Å². The van der Waals surface area contributed by atoms with Gasteiger partial charge in [0.2, 0.25) is 0 Å². The van der Waals surface area contributed by atoms with Crippen molar-refractivity contribution in [3.8, 4) is 0 Å². The standard InChI is InChI=1S/C23H31N7O6S2/c1-13-18(28-14(2)36-13)12-27-15-6-3-4-8-19(15)38(34,35)30-16-9-11-37-20(16)21(31)29-17(22(32)33)7-5-10-26-23(24)25/h3-4,6,8-9,11,17,23,26-27,30H,5,7,10,12,24-25H2,1-2H3,(H,29,31)(H,32,33)/t17-/m0/s1. The predicted molar refractivity (Wildman–Crippen MR) is 143 cm³/mol. The maximum atomic E-state index is 13.3. The zero-order valence-electron chi connectivity index (χ0n) is 20.9. The number of benzene rings is 1. The van der Waals surface area contributed by atoms with Crippen LogP contribution in [0.3, 0.4) is 0 Å². The number of sulfonamides is 1. The van der Waals surface area contributed by atoms with Gasteiger partial charge in [0.1, 0.15) is 33.6 Å². The third kappa shape index (κ3) is 7.75. The van der Waals surface area contributed by atoms with E-state index in [1.807, 2.05) is 0 Å². The Morgan fingerprint density at radius 2 is 1.89 bits per heavy atom. The molecule has 1 aromatic carbocycles. The molecule has 2 aromatic heterocycles. The average Bonchev–Trinajstić information content (AvgIpc) is 3.43. The molecule has 3 aromatic rings. The Morgan fingerprint density at radius 3 is 2.55 bits per heavy atom. The lowest BCUT2D eigenvalue weighted by Crippen LogP contribution is -2.46. The summed E-state index contributed by atoms with van der Waals surface area (Å²) >= 11 is 0.984. The van der Waals surface area contributed by atoms with Gasteiger partial charge in [0.25, 0.3) is 15.9 Å². The van der Waals surface area contributed by atoms with Crippen molar-refractivity contribution in [1.29, 1.82) is 0 Å². The first-order chi connectivity index (χ1) is 18.0. The summed E-state index contributed by atoms with van der Waals surface area (Å²) < 4.78 is 34.5. The van der Waals surface area contributed by atoms with Crippen LogP contribution in [0.25, 0.3) is 0 Å². The quantitative estimate of drug-likeness (QED) is 0.110. The van der Waals surface area contributed by atoms with Crippen LogP contribution in [-0.4, -0.2) is 49.3 Å². The monoisotopic (exact) mass is 565 g/mol. The third-order valence-electron chi connectivity index (χ3n) is 5.39. The highest BCUT2D eigenvalue weighted by molar-refractivity contribution is 7.93. The Balaban J connectivity index is 1.72. The summed E-state index contributed by atoms with van der Waals surface area (Å²) in [6, 6.07) is 6.57. The Bertz CT molecular complexity index is 1370. The van der Waals surface area contributed by atoms with Crippen LogP contribution in [0.5, 0.6) is 0 Å². The van der Waals surface area contributed by atoms with E-state index >= 15 is 0 Å². The Morgan fingerprint density at radius 1 is 1.16 bits per heavy atom. The summed E-state index contributed by atoms with van der Waals surface area (Å²) in [7, 11) is -4.13. The lowest BCUT2D eigenvalue weighted by atomic mass is 10.1. The topological polar surface area (TPSA) is 215 Å². The van der Waals surface area contributed by atoms with Crippen LogP contribution < -0.4 is 32.1 Å². The van der Waals surface area contributed by atoms with Gasteiger partial charge < -0.3 is 31.6 Å². The zero-order valence-corrected chi connectivity index (χ0v) is 22.5. The van der Waals surface area contributed by atoms with Gasteiger partial charge in [0.15, 0.2) is 5.89 Å². The molecule has 0 bridgehead atoms. The largest absolute Gasteiger partial charge is 0.480 e. The number of rotatable bonds is 14. The van der Waals surface area contributed by atoms with Crippen LogP contribution in [0, 0.1) is 13.8 Å². The molecule has 0 aliphatic heterocycles. The minimum Gasteiger partial charge on any atom is -0.480 e. The number of carboxylic acids is 1. The van der Waals surface area contributed by atoms with Crippen LogP contribution in [-0.2, 0) is 21.4 Å². The first-order valence-corrected chi connectivity index (χ1v) is 14.0. The summed E-state index contributed by atoms with van der Waals surface area (Å²) in [5.41, 5.74) is 11.8. The number of thiophene rings is 1. The van der Waals surface area contributed by atoms with E-state index in [0.717, 1.165) is 11.3 Å². The van der Waals surface area contributed by atoms with Crippen molar-refractivity contribution < 1.29 is 27.5 Å². The maximum absolute atomic E-state index is 13.3. The number of nitrogens with one attached hydrogen (secondary N) is 4. The lowest BCUT2D eigenvalue weighted by Gasteiger charge is -2.16. The highest BCUT2D eigenvalue weighted by Gasteiger charge is 2.26. The van der Waals surface area contributed by atoms with Crippen molar-refractivity contribution in [1.82, 2.24) is 15.6 Å². The number of carbonyl (C=O) groups excluding carboxylic acids is 1. The molecule has 0 aliphatic carbocycles. The highest BCUT2D eigenvalue weighted by atomic mass is 32.2. The van der Waals surface area contributed by atoms with Crippen LogP contribution >= 0.6 is 11.3 Å². The second-order valence-electron chi connectivity index (χ2n) is 8.34. The molecule has 2 heterocycles. The van der Waals surface area contributed by atoms with Crippen molar-refractivity contribution in [3.05, 3.63) is 57.9 Å². The summed E-state index contributed by atoms with van der Waals surface area (Å²) in [4.78, 5) is 28.8. The van der Waals surface area contributed by atoms with Gasteiger partial charge >= 0.3 is 5.97 Å². The van der Waals surface area contributed by atoms with Gasteiger partial charge in [-0.15, -0.1) is 11.3 Å². The normalized spacial score (nSPS) is 12.3. The summed E-state index contributed by atoms with van der Waals surface area (Å²) in [5, 5.41) is 19.3. The van der Waals surface area contributed by atoms with Crippen LogP contribution in [0.15, 0.2) is 45.0 Å². The molecule has 0 spiro atoms. The number of hydrogen-bond donors (Lipinski definition) is 7. The van der Waals surface area contributed by atoms with E-state index in [9.17, 15) is 23.1 Å². The second-order valence-corrected chi connectivity index (χ2v) is 10.9. The second kappa shape index (κ2) is 12.8. The average molecular weight is 566 g/mol. The molecule has 0 unspecified atom stereocenters. The van der Waals surface area contributed by atoms with Crippen molar-refractivity contribution in [2.75, 3.05) is 16.6 Å². The number of carbonyl (C=O) groups is 2. The fraction of sp³-hybridized carbons (Fsp3) is 0.348. The van der Waals surface area contributed by atoms with Crippen molar-refractivity contribution in [2.45, 2.75) is 50.5 Å². The molecule has 0 saturated carbocycles. The summed E-state index contributed by atoms with van der Waals surface area (Å²) in [5.74, 6) is -0.795. The van der Waals surface area contributed by atoms with Crippen molar-refractivity contribution in [3.63, 3.8) is 0 Å². The highest BCUT2D eigenvalue weighted by Crippen LogP contribution is 2.28. The van der Waals surface area contributed by atoms with Crippen LogP contribution in [0.4, 0.5) is 11.4 Å². The van der Waals surface area contributed by atoms with Gasteiger partial charge in [-0.05, 0) is 49.9 Å². The number of carboxylic acid groups (broad SMARTS) is 1. The summed E-state index contributed by atoms with van der Waals surface area (Å²) in [6.45, 7) is 4.10. The van der Waals surface area contributed by atoms with Crippen molar-refractivity contribution >= 4 is 44.6 Å². The van der Waals surface area contributed by atoms with E-state index in [-0.39, 0.29) is 28.4 Å². The fourth-order valence-electron chi connectivity index (χ4n) is 3.58. The minimum absolute atomic E-state index is 0.0288. The van der Waals surface area contributed by atoms with Crippen molar-refractivity contribution in [2.24, 2.45) is 11.5 Å².